The maximum Gasteiger partial charge on any atom is 0.416 e. The van der Waals surface area contributed by atoms with Crippen LogP contribution in [0.15, 0.2) is 79.3 Å². The molecule has 2 aromatic carbocycles. The molecule has 45 heavy (non-hydrogen) atoms. The third kappa shape index (κ3) is 8.52. The van der Waals surface area contributed by atoms with E-state index in [1.54, 1.807) is 12.1 Å². The van der Waals surface area contributed by atoms with Gasteiger partial charge in [-0.1, -0.05) is 6.07 Å². The molecule has 5 rings (SSSR count). The second-order valence-electron chi connectivity index (χ2n) is 10.3. The number of carbonyl (C=O) groups is 2. The van der Waals surface area contributed by atoms with E-state index in [1.165, 1.54) is 55.0 Å². The van der Waals surface area contributed by atoms with Gasteiger partial charge in [0.1, 0.15) is 23.0 Å². The largest absolute Gasteiger partial charge is 0.457 e. The van der Waals surface area contributed by atoms with Crippen LogP contribution in [0.5, 0.6) is 11.5 Å². The normalized spacial score (nSPS) is 14.1. The average Bonchev–Trinajstić information content (AvgIpc) is 3.00. The zero-order valence-electron chi connectivity index (χ0n) is 24.1. The van der Waals surface area contributed by atoms with Crippen molar-refractivity contribution in [2.75, 3.05) is 49.2 Å². The van der Waals surface area contributed by atoms with E-state index in [9.17, 15) is 27.2 Å². The van der Waals surface area contributed by atoms with Gasteiger partial charge in [0.15, 0.2) is 0 Å². The Bertz CT molecular complexity index is 1660. The number of carbonyl (C=O) groups excluding carboxylic acids is 2. The summed E-state index contributed by atoms with van der Waals surface area (Å²) in [6.07, 6.45) is -0.222. The summed E-state index contributed by atoms with van der Waals surface area (Å²) in [5.74, 6) is -1.07. The fourth-order valence-electron chi connectivity index (χ4n) is 4.61. The fourth-order valence-corrected chi connectivity index (χ4v) is 4.61. The fraction of sp³-hybridized carbons (Fsp3) is 0.226. The number of benzene rings is 2. The number of ether oxygens (including phenoxy) is 1. The lowest BCUT2D eigenvalue weighted by molar-refractivity contribution is -0.138. The summed E-state index contributed by atoms with van der Waals surface area (Å²) in [7, 11) is 1.96. The Balaban J connectivity index is 1.20. The topological polar surface area (TPSA) is 112 Å². The van der Waals surface area contributed by atoms with Crippen LogP contribution in [0.1, 0.15) is 21.6 Å². The van der Waals surface area contributed by atoms with Crippen molar-refractivity contribution < 1.29 is 31.9 Å². The SMILES string of the molecule is CN1CCN(Cc2ccc(NC(=O)Nc3ccc(Oc4ccnc(C(=O)Nc5ccncc5)c4)cc3F)cc2C(F)(F)F)CC1. The van der Waals surface area contributed by atoms with E-state index in [0.29, 0.717) is 18.8 Å². The van der Waals surface area contributed by atoms with Crippen LogP contribution in [0.3, 0.4) is 0 Å². The Morgan fingerprint density at radius 1 is 0.844 bits per heavy atom. The quantitative estimate of drug-likeness (QED) is 0.204. The molecule has 14 heteroatoms. The molecule has 0 atom stereocenters. The highest BCUT2D eigenvalue weighted by molar-refractivity contribution is 6.03. The number of amides is 3. The predicted molar refractivity (Wildman–Crippen MR) is 160 cm³/mol. The van der Waals surface area contributed by atoms with Crippen LogP contribution in [-0.4, -0.2) is 64.9 Å². The van der Waals surface area contributed by atoms with Gasteiger partial charge in [-0.15, -0.1) is 0 Å². The summed E-state index contributed by atoms with van der Waals surface area (Å²) in [6, 6.07) is 12.4. The number of alkyl halides is 3. The second kappa shape index (κ2) is 13.7. The van der Waals surface area contributed by atoms with Gasteiger partial charge in [0.25, 0.3) is 5.91 Å². The number of hydrogen-bond donors (Lipinski definition) is 3. The molecule has 234 valence electrons. The summed E-state index contributed by atoms with van der Waals surface area (Å²) >= 11 is 0. The van der Waals surface area contributed by atoms with Crippen LogP contribution in [0.4, 0.5) is 39.4 Å². The first kappa shape index (κ1) is 31.3. The van der Waals surface area contributed by atoms with Gasteiger partial charge < -0.3 is 25.6 Å². The van der Waals surface area contributed by atoms with E-state index < -0.39 is 29.5 Å². The Morgan fingerprint density at radius 3 is 2.29 bits per heavy atom. The van der Waals surface area contributed by atoms with Gasteiger partial charge in [0, 0.05) is 74.8 Å². The van der Waals surface area contributed by atoms with Gasteiger partial charge in [-0.25, -0.2) is 9.18 Å². The number of piperazine rings is 1. The molecule has 1 aliphatic heterocycles. The van der Waals surface area contributed by atoms with Gasteiger partial charge in [-0.05, 0) is 55.1 Å². The molecule has 1 aliphatic rings. The minimum atomic E-state index is -4.63. The lowest BCUT2D eigenvalue weighted by atomic mass is 10.0. The van der Waals surface area contributed by atoms with Gasteiger partial charge >= 0.3 is 12.2 Å². The first-order chi connectivity index (χ1) is 21.5. The van der Waals surface area contributed by atoms with Crippen molar-refractivity contribution in [3.8, 4) is 11.5 Å². The van der Waals surface area contributed by atoms with Gasteiger partial charge in [-0.2, -0.15) is 13.2 Å². The zero-order chi connectivity index (χ0) is 32.0. The first-order valence-corrected chi connectivity index (χ1v) is 13.9. The van der Waals surface area contributed by atoms with Crippen molar-refractivity contribution in [2.45, 2.75) is 12.7 Å². The van der Waals surface area contributed by atoms with Crippen LogP contribution in [-0.2, 0) is 12.7 Å². The molecule has 10 nitrogen and oxygen atoms in total. The van der Waals surface area contributed by atoms with E-state index in [1.807, 2.05) is 11.9 Å². The van der Waals surface area contributed by atoms with E-state index in [4.69, 9.17) is 4.74 Å². The van der Waals surface area contributed by atoms with E-state index in [0.717, 1.165) is 25.2 Å². The van der Waals surface area contributed by atoms with Crippen LogP contribution in [0, 0.1) is 5.82 Å². The molecule has 0 unspecified atom stereocenters. The highest BCUT2D eigenvalue weighted by atomic mass is 19.4. The van der Waals surface area contributed by atoms with Gasteiger partial charge in [-0.3, -0.25) is 19.7 Å². The predicted octanol–water partition coefficient (Wildman–Crippen LogP) is 6.07. The minimum absolute atomic E-state index is 0.0563. The minimum Gasteiger partial charge on any atom is -0.457 e. The molecule has 0 aliphatic carbocycles. The monoisotopic (exact) mass is 623 g/mol. The summed E-state index contributed by atoms with van der Waals surface area (Å²) in [5.41, 5.74) is -0.480. The maximum atomic E-state index is 14.9. The van der Waals surface area contributed by atoms with Gasteiger partial charge in [0.05, 0.1) is 11.3 Å². The van der Waals surface area contributed by atoms with Crippen LogP contribution >= 0.6 is 0 Å². The molecule has 0 radical (unpaired) electrons. The van der Waals surface area contributed by atoms with Crippen LogP contribution in [0.2, 0.25) is 0 Å². The molecule has 2 aromatic heterocycles. The van der Waals surface area contributed by atoms with E-state index in [-0.39, 0.29) is 40.7 Å². The van der Waals surface area contributed by atoms with Crippen molar-refractivity contribution in [1.82, 2.24) is 19.8 Å². The van der Waals surface area contributed by atoms with E-state index >= 15 is 0 Å². The molecular weight excluding hydrogens is 594 g/mol. The number of pyridine rings is 2. The highest BCUT2D eigenvalue weighted by Crippen LogP contribution is 2.35. The number of hydrogen-bond acceptors (Lipinski definition) is 7. The van der Waals surface area contributed by atoms with Gasteiger partial charge in [0.2, 0.25) is 0 Å². The van der Waals surface area contributed by atoms with Crippen molar-refractivity contribution in [3.05, 3.63) is 102 Å². The molecule has 1 saturated heterocycles. The molecule has 3 N–H and O–H groups in total. The summed E-state index contributed by atoms with van der Waals surface area (Å²) in [4.78, 5) is 37.1. The first-order valence-electron chi connectivity index (χ1n) is 13.9. The third-order valence-corrected chi connectivity index (χ3v) is 6.99. The average molecular weight is 624 g/mol. The Labute approximate surface area is 256 Å². The number of aromatic nitrogens is 2. The smallest absolute Gasteiger partial charge is 0.416 e. The number of urea groups is 1. The Hall–Kier alpha value is -5.08. The number of anilines is 3. The van der Waals surface area contributed by atoms with Crippen molar-refractivity contribution in [1.29, 1.82) is 0 Å². The van der Waals surface area contributed by atoms with Crippen LogP contribution in [0.25, 0.3) is 0 Å². The van der Waals surface area contributed by atoms with Crippen molar-refractivity contribution in [2.24, 2.45) is 0 Å². The Kier molecular flexibility index (Phi) is 9.54. The summed E-state index contributed by atoms with van der Waals surface area (Å²) in [6.45, 7) is 2.97. The number of rotatable bonds is 8. The third-order valence-electron chi connectivity index (χ3n) is 6.99. The molecule has 3 amide bonds. The molecule has 1 fully saturated rings. The lowest BCUT2D eigenvalue weighted by Crippen LogP contribution is -2.44. The van der Waals surface area contributed by atoms with Crippen LogP contribution < -0.4 is 20.7 Å². The molecule has 4 aromatic rings. The summed E-state index contributed by atoms with van der Waals surface area (Å²) in [5, 5.41) is 7.31. The molecule has 3 heterocycles. The lowest BCUT2D eigenvalue weighted by Gasteiger charge is -2.33. The highest BCUT2D eigenvalue weighted by Gasteiger charge is 2.34. The molecular formula is C31H29F4N7O3. The number of nitrogens with zero attached hydrogens (tertiary/aromatic N) is 4. The molecule has 0 saturated carbocycles. The molecule has 0 bridgehead atoms. The van der Waals surface area contributed by atoms with Crippen molar-refractivity contribution in [3.63, 3.8) is 0 Å². The standard InChI is InChI=1S/C31H29F4N7O3/c1-41-12-14-42(15-13-41)19-20-2-3-22(16-25(20)31(33,34)35)39-30(44)40-27-5-4-23(17-26(27)32)45-24-8-11-37-28(18-24)29(43)38-21-6-9-36-10-7-21/h2-11,16-18H,12-15,19H2,1H3,(H,36,38,43)(H2,39,40,44). The summed E-state index contributed by atoms with van der Waals surface area (Å²) < 4.78 is 62.2. The number of halogens is 4. The van der Waals surface area contributed by atoms with E-state index in [2.05, 4.69) is 30.8 Å². The number of likely N-dealkylation sites (N-methyl/N-ethyl adjacent to an activating group) is 1. The Morgan fingerprint density at radius 2 is 1.58 bits per heavy atom. The van der Waals surface area contributed by atoms with Crippen molar-refractivity contribution >= 4 is 29.0 Å². The second-order valence-corrected chi connectivity index (χ2v) is 10.3. The number of nitrogens with one attached hydrogen (secondary N) is 3. The zero-order valence-corrected chi connectivity index (χ0v) is 24.1. The molecule has 0 spiro atoms. The maximum absolute atomic E-state index is 14.9.